The summed E-state index contributed by atoms with van der Waals surface area (Å²) in [4.78, 5) is 24.6. The van der Waals surface area contributed by atoms with E-state index < -0.39 is 29.6 Å². The van der Waals surface area contributed by atoms with Crippen LogP contribution < -0.4 is 5.32 Å². The Hall–Kier alpha value is -2.47. The molecule has 0 heterocycles. The summed E-state index contributed by atoms with van der Waals surface area (Å²) in [6.45, 7) is 3.39. The molecule has 2 unspecified atom stereocenters. The summed E-state index contributed by atoms with van der Waals surface area (Å²) in [5.74, 6) is -3.90. The molecule has 2 aromatic carbocycles. The molecule has 144 valence electrons. The lowest BCUT2D eigenvalue weighted by Crippen LogP contribution is -2.38. The Morgan fingerprint density at radius 1 is 1.15 bits per heavy atom. The number of ether oxygens (including phenoxy) is 1. The molecule has 0 fully saturated rings. The second-order valence-electron chi connectivity index (χ2n) is 6.05. The van der Waals surface area contributed by atoms with Crippen molar-refractivity contribution >= 4 is 23.5 Å². The third-order valence-electron chi connectivity index (χ3n) is 3.98. The first-order chi connectivity index (χ1) is 12.8. The van der Waals surface area contributed by atoms with E-state index in [1.54, 1.807) is 0 Å². The number of hydrogen-bond donors (Lipinski definition) is 1. The minimum atomic E-state index is -1.23. The van der Waals surface area contributed by atoms with Gasteiger partial charge in [-0.3, -0.25) is 4.79 Å². The third kappa shape index (κ3) is 5.50. The average molecular weight is 396 g/mol. The zero-order valence-electron chi connectivity index (χ0n) is 15.0. The van der Waals surface area contributed by atoms with Gasteiger partial charge in [0.2, 0.25) is 0 Å². The molecule has 0 bridgehead atoms. The molecule has 7 heteroatoms. The standard InChI is InChI=1S/C20H20ClF2NO3/c1-3-7-18(13-8-5-4-6-9-13)24-19(25)12(2)27-20(26)14-10-16(22)17(23)11-15(14)21/h4-6,8-12,18H,3,7H2,1-2H3,(H,24,25). The number of benzene rings is 2. The fourth-order valence-corrected chi connectivity index (χ4v) is 2.77. The van der Waals surface area contributed by atoms with Gasteiger partial charge in [0.05, 0.1) is 16.6 Å². The average Bonchev–Trinajstić information content (AvgIpc) is 2.64. The lowest BCUT2D eigenvalue weighted by molar-refractivity contribution is -0.129. The Kier molecular flexibility index (Phi) is 7.30. The third-order valence-corrected chi connectivity index (χ3v) is 4.29. The zero-order valence-corrected chi connectivity index (χ0v) is 15.7. The number of rotatable bonds is 7. The second kappa shape index (κ2) is 9.46. The zero-order chi connectivity index (χ0) is 20.0. The minimum Gasteiger partial charge on any atom is -0.449 e. The number of carbonyl (C=O) groups excluding carboxylic acids is 2. The first-order valence-corrected chi connectivity index (χ1v) is 8.92. The van der Waals surface area contributed by atoms with Crippen LogP contribution in [0.2, 0.25) is 5.02 Å². The van der Waals surface area contributed by atoms with E-state index in [2.05, 4.69) is 5.32 Å². The maximum Gasteiger partial charge on any atom is 0.340 e. The van der Waals surface area contributed by atoms with Crippen molar-refractivity contribution in [1.29, 1.82) is 0 Å². The van der Waals surface area contributed by atoms with E-state index in [0.29, 0.717) is 18.6 Å². The van der Waals surface area contributed by atoms with E-state index in [0.717, 1.165) is 12.0 Å². The van der Waals surface area contributed by atoms with Gasteiger partial charge in [-0.15, -0.1) is 0 Å². The van der Waals surface area contributed by atoms with Gasteiger partial charge in [-0.1, -0.05) is 55.3 Å². The van der Waals surface area contributed by atoms with Crippen molar-refractivity contribution in [1.82, 2.24) is 5.32 Å². The van der Waals surface area contributed by atoms with Gasteiger partial charge in [0.1, 0.15) is 0 Å². The van der Waals surface area contributed by atoms with Crippen LogP contribution >= 0.6 is 11.6 Å². The van der Waals surface area contributed by atoms with E-state index in [9.17, 15) is 18.4 Å². The maximum absolute atomic E-state index is 13.3. The molecular weight excluding hydrogens is 376 g/mol. The van der Waals surface area contributed by atoms with E-state index in [-0.39, 0.29) is 16.6 Å². The van der Waals surface area contributed by atoms with Crippen molar-refractivity contribution in [2.24, 2.45) is 0 Å². The lowest BCUT2D eigenvalue weighted by atomic mass is 10.0. The Balaban J connectivity index is 2.06. The Morgan fingerprint density at radius 2 is 1.78 bits per heavy atom. The Morgan fingerprint density at radius 3 is 2.41 bits per heavy atom. The van der Waals surface area contributed by atoms with Gasteiger partial charge in [0.25, 0.3) is 5.91 Å². The highest BCUT2D eigenvalue weighted by atomic mass is 35.5. The molecule has 1 amide bonds. The van der Waals surface area contributed by atoms with Gasteiger partial charge in [-0.25, -0.2) is 13.6 Å². The number of halogens is 3. The monoisotopic (exact) mass is 395 g/mol. The van der Waals surface area contributed by atoms with Crippen LogP contribution in [0.15, 0.2) is 42.5 Å². The van der Waals surface area contributed by atoms with Crippen LogP contribution in [0.1, 0.15) is 48.7 Å². The highest BCUT2D eigenvalue weighted by Crippen LogP contribution is 2.22. The number of carbonyl (C=O) groups is 2. The Labute approximate surface area is 161 Å². The predicted molar refractivity (Wildman–Crippen MR) is 98.5 cm³/mol. The summed E-state index contributed by atoms with van der Waals surface area (Å²) in [5, 5.41) is 2.55. The molecule has 4 nitrogen and oxygen atoms in total. The summed E-state index contributed by atoms with van der Waals surface area (Å²) in [6.07, 6.45) is 0.425. The molecule has 0 aliphatic rings. The summed E-state index contributed by atoms with van der Waals surface area (Å²) in [5.41, 5.74) is 0.596. The van der Waals surface area contributed by atoms with Crippen LogP contribution in [-0.4, -0.2) is 18.0 Å². The topological polar surface area (TPSA) is 55.4 Å². The van der Waals surface area contributed by atoms with Crippen LogP contribution in [0.3, 0.4) is 0 Å². The SMILES string of the molecule is CCCC(NC(=O)C(C)OC(=O)c1cc(F)c(F)cc1Cl)c1ccccc1. The highest BCUT2D eigenvalue weighted by molar-refractivity contribution is 6.33. The number of nitrogens with one attached hydrogen (secondary N) is 1. The van der Waals surface area contributed by atoms with Crippen molar-refractivity contribution in [2.45, 2.75) is 38.8 Å². The van der Waals surface area contributed by atoms with Gasteiger partial charge in [-0.2, -0.15) is 0 Å². The Bertz CT molecular complexity index is 814. The molecule has 1 N–H and O–H groups in total. The van der Waals surface area contributed by atoms with Gasteiger partial charge in [-0.05, 0) is 31.0 Å². The first-order valence-electron chi connectivity index (χ1n) is 8.54. The molecule has 2 aromatic rings. The normalized spacial score (nSPS) is 12.9. The molecule has 0 spiro atoms. The van der Waals surface area contributed by atoms with Gasteiger partial charge in [0.15, 0.2) is 17.7 Å². The quantitative estimate of drug-likeness (QED) is 0.540. The number of amides is 1. The van der Waals surface area contributed by atoms with Crippen molar-refractivity contribution in [3.8, 4) is 0 Å². The predicted octanol–water partition coefficient (Wildman–Crippen LogP) is 4.82. The fraction of sp³-hybridized carbons (Fsp3) is 0.300. The van der Waals surface area contributed by atoms with Gasteiger partial charge in [0, 0.05) is 0 Å². The summed E-state index contributed by atoms with van der Waals surface area (Å²) >= 11 is 5.76. The van der Waals surface area contributed by atoms with Crippen molar-refractivity contribution < 1.29 is 23.1 Å². The van der Waals surface area contributed by atoms with Crippen LogP contribution in [-0.2, 0) is 9.53 Å². The highest BCUT2D eigenvalue weighted by Gasteiger charge is 2.24. The second-order valence-corrected chi connectivity index (χ2v) is 6.46. The van der Waals surface area contributed by atoms with Crippen LogP contribution in [0.5, 0.6) is 0 Å². The largest absolute Gasteiger partial charge is 0.449 e. The summed E-state index contributed by atoms with van der Waals surface area (Å²) < 4.78 is 31.5. The molecule has 0 aliphatic carbocycles. The first kappa shape index (κ1) is 20.8. The molecule has 27 heavy (non-hydrogen) atoms. The maximum atomic E-state index is 13.3. The van der Waals surface area contributed by atoms with Gasteiger partial charge >= 0.3 is 5.97 Å². The van der Waals surface area contributed by atoms with E-state index in [4.69, 9.17) is 16.3 Å². The summed E-state index contributed by atoms with van der Waals surface area (Å²) in [6, 6.07) is 10.5. The van der Waals surface area contributed by atoms with Gasteiger partial charge < -0.3 is 10.1 Å². The summed E-state index contributed by atoms with van der Waals surface area (Å²) in [7, 11) is 0. The fourth-order valence-electron chi connectivity index (χ4n) is 2.54. The van der Waals surface area contributed by atoms with Crippen LogP contribution in [0, 0.1) is 11.6 Å². The molecule has 0 saturated carbocycles. The molecule has 0 saturated heterocycles. The molecule has 2 rings (SSSR count). The van der Waals surface area contributed by atoms with Crippen molar-refractivity contribution in [3.05, 3.63) is 70.2 Å². The van der Waals surface area contributed by atoms with Crippen molar-refractivity contribution in [3.63, 3.8) is 0 Å². The molecule has 0 aliphatic heterocycles. The molecule has 2 atom stereocenters. The van der Waals surface area contributed by atoms with Crippen LogP contribution in [0.4, 0.5) is 8.78 Å². The van der Waals surface area contributed by atoms with E-state index in [1.165, 1.54) is 6.92 Å². The number of esters is 1. The van der Waals surface area contributed by atoms with Crippen molar-refractivity contribution in [2.75, 3.05) is 0 Å². The smallest absolute Gasteiger partial charge is 0.340 e. The lowest BCUT2D eigenvalue weighted by Gasteiger charge is -2.21. The molecule has 0 radical (unpaired) electrons. The van der Waals surface area contributed by atoms with E-state index in [1.807, 2.05) is 37.3 Å². The van der Waals surface area contributed by atoms with Crippen LogP contribution in [0.25, 0.3) is 0 Å². The molecule has 0 aromatic heterocycles. The number of hydrogen-bond acceptors (Lipinski definition) is 3. The van der Waals surface area contributed by atoms with E-state index >= 15 is 0 Å². The molecular formula is C20H20ClF2NO3. The minimum absolute atomic E-state index is 0.225.